The van der Waals surface area contributed by atoms with Crippen molar-refractivity contribution in [1.82, 2.24) is 9.88 Å². The summed E-state index contributed by atoms with van der Waals surface area (Å²) in [7, 11) is 0. The minimum absolute atomic E-state index is 0.0275. The van der Waals surface area contributed by atoms with Gasteiger partial charge in [-0.2, -0.15) is 0 Å². The smallest absolute Gasteiger partial charge is 0.266 e. The third-order valence-corrected chi connectivity index (χ3v) is 7.05. The van der Waals surface area contributed by atoms with Crippen LogP contribution in [0.5, 0.6) is 5.75 Å². The van der Waals surface area contributed by atoms with Gasteiger partial charge in [-0.3, -0.25) is 4.79 Å². The van der Waals surface area contributed by atoms with Gasteiger partial charge in [0.1, 0.15) is 5.75 Å². The summed E-state index contributed by atoms with van der Waals surface area (Å²) in [4.78, 5) is 22.0. The monoisotopic (exact) mass is 463 g/mol. The summed E-state index contributed by atoms with van der Waals surface area (Å²) < 4.78 is 6.98. The molecule has 1 amide bonds. The number of halogens is 2. The lowest BCUT2D eigenvalue weighted by Gasteiger charge is -2.38. The summed E-state index contributed by atoms with van der Waals surface area (Å²) in [6.07, 6.45) is 0. The fraction of sp³-hybridized carbons (Fsp3) is 0.364. The van der Waals surface area contributed by atoms with Gasteiger partial charge in [0.25, 0.3) is 5.91 Å². The van der Waals surface area contributed by atoms with Crippen molar-refractivity contribution >= 4 is 55.8 Å². The molecule has 30 heavy (non-hydrogen) atoms. The van der Waals surface area contributed by atoms with Crippen molar-refractivity contribution in [2.45, 2.75) is 26.4 Å². The lowest BCUT2D eigenvalue weighted by atomic mass is 10.1. The Bertz CT molecular complexity index is 1030. The number of carbonyl (C=O) groups is 1. The van der Waals surface area contributed by atoms with Crippen LogP contribution in [-0.2, 0) is 4.79 Å². The second-order valence-corrected chi connectivity index (χ2v) is 9.71. The molecule has 0 unspecified atom stereocenters. The van der Waals surface area contributed by atoms with Crippen LogP contribution in [-0.4, -0.2) is 47.6 Å². The number of piperazine rings is 1. The van der Waals surface area contributed by atoms with Crippen LogP contribution in [0.2, 0.25) is 10.0 Å². The largest absolute Gasteiger partial charge is 0.478 e. The summed E-state index contributed by atoms with van der Waals surface area (Å²) in [6.45, 7) is 8.33. The Morgan fingerprint density at radius 2 is 1.73 bits per heavy atom. The number of hydrogen-bond donors (Lipinski definition) is 0. The molecule has 1 aliphatic heterocycles. The van der Waals surface area contributed by atoms with Crippen molar-refractivity contribution < 1.29 is 9.53 Å². The molecule has 1 aromatic heterocycles. The van der Waals surface area contributed by atoms with E-state index in [1.807, 2.05) is 24.0 Å². The molecular formula is C22H23Cl2N3O2S. The van der Waals surface area contributed by atoms with E-state index >= 15 is 0 Å². The van der Waals surface area contributed by atoms with E-state index in [1.165, 1.54) is 0 Å². The first-order valence-electron chi connectivity index (χ1n) is 9.79. The molecule has 4 rings (SSSR count). The number of anilines is 1. The Balaban J connectivity index is 1.42. The molecule has 5 nitrogen and oxygen atoms in total. The quantitative estimate of drug-likeness (QED) is 0.518. The van der Waals surface area contributed by atoms with E-state index in [9.17, 15) is 4.79 Å². The summed E-state index contributed by atoms with van der Waals surface area (Å²) in [5, 5.41) is 2.31. The molecule has 0 bridgehead atoms. The van der Waals surface area contributed by atoms with Crippen LogP contribution >= 0.6 is 34.5 Å². The Labute approximate surface area is 190 Å². The molecule has 8 heteroatoms. The van der Waals surface area contributed by atoms with E-state index in [0.29, 0.717) is 23.9 Å². The SMILES string of the molecule is Cc1ccc(Cl)c2sc(N3CCN(C(=O)C(C)(C)Oc4ccc(Cl)cc4)CC3)nc12. The number of aryl methyl sites for hydroxylation is 1. The highest BCUT2D eigenvalue weighted by molar-refractivity contribution is 7.22. The maximum atomic E-state index is 13.1. The molecule has 0 spiro atoms. The first kappa shape index (κ1) is 21.2. The molecule has 1 aliphatic rings. The van der Waals surface area contributed by atoms with Gasteiger partial charge in [-0.05, 0) is 56.7 Å². The highest BCUT2D eigenvalue weighted by atomic mass is 35.5. The van der Waals surface area contributed by atoms with Crippen molar-refractivity contribution in [3.8, 4) is 5.75 Å². The predicted molar refractivity (Wildman–Crippen MR) is 124 cm³/mol. The lowest BCUT2D eigenvalue weighted by Crippen LogP contribution is -2.55. The van der Waals surface area contributed by atoms with Crippen LogP contribution in [0.25, 0.3) is 10.2 Å². The van der Waals surface area contributed by atoms with Gasteiger partial charge in [-0.1, -0.05) is 40.6 Å². The molecule has 0 radical (unpaired) electrons. The van der Waals surface area contributed by atoms with Gasteiger partial charge in [0.05, 0.1) is 15.2 Å². The Morgan fingerprint density at radius 3 is 2.37 bits per heavy atom. The molecular weight excluding hydrogens is 441 g/mol. The zero-order valence-electron chi connectivity index (χ0n) is 17.1. The highest BCUT2D eigenvalue weighted by Gasteiger charge is 2.36. The van der Waals surface area contributed by atoms with Gasteiger partial charge < -0.3 is 14.5 Å². The topological polar surface area (TPSA) is 45.7 Å². The number of aromatic nitrogens is 1. The van der Waals surface area contributed by atoms with E-state index in [-0.39, 0.29) is 5.91 Å². The average molecular weight is 464 g/mol. The average Bonchev–Trinajstić information content (AvgIpc) is 3.19. The zero-order valence-corrected chi connectivity index (χ0v) is 19.4. The Hall–Kier alpha value is -2.02. The van der Waals surface area contributed by atoms with Crippen molar-refractivity contribution in [3.05, 3.63) is 52.0 Å². The molecule has 0 aliphatic carbocycles. The number of carbonyl (C=O) groups excluding carboxylic acids is 1. The second-order valence-electron chi connectivity index (χ2n) is 7.88. The third-order valence-electron chi connectivity index (χ3n) is 5.23. The number of hydrogen-bond acceptors (Lipinski definition) is 5. The van der Waals surface area contributed by atoms with E-state index in [4.69, 9.17) is 32.9 Å². The van der Waals surface area contributed by atoms with Crippen LogP contribution in [0.4, 0.5) is 5.13 Å². The molecule has 1 saturated heterocycles. The highest BCUT2D eigenvalue weighted by Crippen LogP contribution is 2.36. The number of nitrogens with zero attached hydrogens (tertiary/aromatic N) is 3. The standard InChI is InChI=1S/C22H23Cl2N3O2S/c1-14-4-9-17(24)19-18(14)25-21(30-19)27-12-10-26(11-13-27)20(28)22(2,3)29-16-7-5-15(23)6-8-16/h4-9H,10-13H2,1-3H3. The first-order chi connectivity index (χ1) is 14.2. The molecule has 0 atom stereocenters. The summed E-state index contributed by atoms with van der Waals surface area (Å²) in [5.41, 5.74) is 1.11. The van der Waals surface area contributed by atoms with Crippen LogP contribution in [0, 0.1) is 6.92 Å². The molecule has 2 aromatic carbocycles. The van der Waals surface area contributed by atoms with Crippen LogP contribution in [0.3, 0.4) is 0 Å². The number of rotatable bonds is 4. The van der Waals surface area contributed by atoms with Crippen molar-refractivity contribution in [2.24, 2.45) is 0 Å². The molecule has 1 fully saturated rings. The van der Waals surface area contributed by atoms with Gasteiger partial charge in [0, 0.05) is 31.2 Å². The van der Waals surface area contributed by atoms with E-state index in [1.54, 1.807) is 49.4 Å². The summed E-state index contributed by atoms with van der Waals surface area (Å²) >= 11 is 13.9. The van der Waals surface area contributed by atoms with Gasteiger partial charge in [0.15, 0.2) is 10.7 Å². The van der Waals surface area contributed by atoms with Crippen molar-refractivity contribution in [2.75, 3.05) is 31.1 Å². The number of thiazole rings is 1. The predicted octanol–water partition coefficient (Wildman–Crippen LogP) is 5.42. The van der Waals surface area contributed by atoms with E-state index < -0.39 is 5.60 Å². The maximum absolute atomic E-state index is 13.1. The van der Waals surface area contributed by atoms with E-state index in [0.717, 1.165) is 39.0 Å². The summed E-state index contributed by atoms with van der Waals surface area (Å²) in [5.74, 6) is 0.596. The van der Waals surface area contributed by atoms with Gasteiger partial charge in [0.2, 0.25) is 0 Å². The fourth-order valence-corrected chi connectivity index (χ4v) is 5.04. The van der Waals surface area contributed by atoms with Gasteiger partial charge >= 0.3 is 0 Å². The minimum Gasteiger partial charge on any atom is -0.478 e. The molecule has 3 aromatic rings. The van der Waals surface area contributed by atoms with Gasteiger partial charge in [-0.15, -0.1) is 0 Å². The molecule has 2 heterocycles. The normalized spacial score (nSPS) is 15.0. The van der Waals surface area contributed by atoms with Gasteiger partial charge in [-0.25, -0.2) is 4.98 Å². The van der Waals surface area contributed by atoms with Crippen LogP contribution in [0.1, 0.15) is 19.4 Å². The number of ether oxygens (including phenoxy) is 1. The molecule has 0 N–H and O–H groups in total. The van der Waals surface area contributed by atoms with Crippen molar-refractivity contribution in [3.63, 3.8) is 0 Å². The zero-order chi connectivity index (χ0) is 21.5. The Kier molecular flexibility index (Phi) is 5.84. The van der Waals surface area contributed by atoms with Crippen molar-refractivity contribution in [1.29, 1.82) is 0 Å². The number of benzene rings is 2. The maximum Gasteiger partial charge on any atom is 0.266 e. The number of fused-ring (bicyclic) bond motifs is 1. The lowest BCUT2D eigenvalue weighted by molar-refractivity contribution is -0.145. The van der Waals surface area contributed by atoms with Crippen LogP contribution in [0.15, 0.2) is 36.4 Å². The molecule has 0 saturated carbocycles. The first-order valence-corrected chi connectivity index (χ1v) is 11.4. The third kappa shape index (κ3) is 4.22. The fourth-order valence-electron chi connectivity index (χ4n) is 3.55. The van der Waals surface area contributed by atoms with E-state index in [2.05, 4.69) is 4.90 Å². The molecule has 158 valence electrons. The summed E-state index contributed by atoms with van der Waals surface area (Å²) in [6, 6.07) is 11.0. The second kappa shape index (κ2) is 8.25. The van der Waals surface area contributed by atoms with Crippen LogP contribution < -0.4 is 9.64 Å². The minimum atomic E-state index is -0.962. The number of amides is 1. The Morgan fingerprint density at radius 1 is 1.07 bits per heavy atom.